The maximum atomic E-state index is 6.60. The van der Waals surface area contributed by atoms with E-state index in [9.17, 15) is 0 Å². The van der Waals surface area contributed by atoms with Crippen LogP contribution >= 0.6 is 0 Å². The van der Waals surface area contributed by atoms with Crippen LogP contribution in [0.3, 0.4) is 0 Å². The predicted molar refractivity (Wildman–Crippen MR) is 214 cm³/mol. The van der Waals surface area contributed by atoms with Crippen LogP contribution in [0, 0.1) is 0 Å². The Kier molecular flexibility index (Phi) is 8.22. The van der Waals surface area contributed by atoms with Crippen LogP contribution in [0.1, 0.15) is 49.7 Å². The van der Waals surface area contributed by atoms with Crippen LogP contribution in [0.5, 0.6) is 0 Å². The summed E-state index contributed by atoms with van der Waals surface area (Å²) < 4.78 is 6.60. The molecule has 9 rings (SSSR count). The van der Waals surface area contributed by atoms with Crippen molar-refractivity contribution in [2.45, 2.75) is 43.9 Å². The molecule has 1 aliphatic rings. The molecule has 0 aliphatic heterocycles. The molecule has 8 aromatic rings. The molecule has 2 heteroatoms. The first-order chi connectivity index (χ1) is 25.3. The van der Waals surface area contributed by atoms with Gasteiger partial charge >= 0.3 is 0 Å². The Balaban J connectivity index is 1.16. The molecular formula is C49H41NO. The van der Waals surface area contributed by atoms with Crippen LogP contribution in [0.25, 0.3) is 44.2 Å². The maximum Gasteiger partial charge on any atom is 0.137 e. The van der Waals surface area contributed by atoms with E-state index in [1.165, 1.54) is 71.9 Å². The highest BCUT2D eigenvalue weighted by molar-refractivity contribution is 6.13. The molecule has 0 spiro atoms. The number of fused-ring (bicyclic) bond motifs is 3. The van der Waals surface area contributed by atoms with Crippen molar-refractivity contribution in [3.05, 3.63) is 187 Å². The van der Waals surface area contributed by atoms with Gasteiger partial charge in [0.1, 0.15) is 11.2 Å². The van der Waals surface area contributed by atoms with Gasteiger partial charge in [-0.15, -0.1) is 0 Å². The van der Waals surface area contributed by atoms with Crippen LogP contribution in [0.2, 0.25) is 0 Å². The van der Waals surface area contributed by atoms with E-state index in [-0.39, 0.29) is 5.41 Å². The molecule has 1 aliphatic carbocycles. The third-order valence-electron chi connectivity index (χ3n) is 11.0. The molecule has 248 valence electrons. The van der Waals surface area contributed by atoms with Gasteiger partial charge in [-0.25, -0.2) is 0 Å². The first kappa shape index (κ1) is 31.1. The largest absolute Gasteiger partial charge is 0.456 e. The molecule has 1 saturated carbocycles. The molecule has 0 unspecified atom stereocenters. The second-order valence-electron chi connectivity index (χ2n) is 14.0. The van der Waals surface area contributed by atoms with Crippen molar-refractivity contribution in [2.24, 2.45) is 0 Å². The second-order valence-corrected chi connectivity index (χ2v) is 14.0. The topological polar surface area (TPSA) is 16.4 Å². The lowest BCUT2D eigenvalue weighted by Gasteiger charge is -2.35. The molecule has 0 atom stereocenters. The lowest BCUT2D eigenvalue weighted by Crippen LogP contribution is -2.27. The van der Waals surface area contributed by atoms with Crippen molar-refractivity contribution in [1.82, 2.24) is 0 Å². The summed E-state index contributed by atoms with van der Waals surface area (Å²) in [5, 5.41) is 2.28. The number of hydrogen-bond donors (Lipinski definition) is 0. The monoisotopic (exact) mass is 659 g/mol. The van der Waals surface area contributed by atoms with E-state index in [0.717, 1.165) is 39.0 Å². The molecule has 1 fully saturated rings. The van der Waals surface area contributed by atoms with Gasteiger partial charge in [0.25, 0.3) is 0 Å². The zero-order valence-corrected chi connectivity index (χ0v) is 28.8. The smallest absolute Gasteiger partial charge is 0.137 e. The molecule has 1 heterocycles. The summed E-state index contributed by atoms with van der Waals surface area (Å²) in [6, 6.07) is 63.8. The van der Waals surface area contributed by atoms with Crippen LogP contribution < -0.4 is 4.90 Å². The Morgan fingerprint density at radius 1 is 0.412 bits per heavy atom. The Hall–Kier alpha value is -5.86. The molecule has 0 bridgehead atoms. The van der Waals surface area contributed by atoms with E-state index in [1.807, 2.05) is 0 Å². The van der Waals surface area contributed by atoms with Gasteiger partial charge in [0.15, 0.2) is 0 Å². The van der Waals surface area contributed by atoms with Crippen molar-refractivity contribution in [3.8, 4) is 22.3 Å². The summed E-state index contributed by atoms with van der Waals surface area (Å²) in [5.74, 6) is 0. The Morgan fingerprint density at radius 2 is 0.961 bits per heavy atom. The third kappa shape index (κ3) is 5.81. The number of benzene rings is 7. The molecule has 1 aromatic heterocycles. The van der Waals surface area contributed by atoms with Crippen LogP contribution in [0.15, 0.2) is 180 Å². The Morgan fingerprint density at radius 3 is 1.63 bits per heavy atom. The summed E-state index contributed by atoms with van der Waals surface area (Å²) in [6.07, 6.45) is 7.54. The minimum Gasteiger partial charge on any atom is -0.456 e. The molecule has 0 saturated heterocycles. The minimum atomic E-state index is 0.0437. The highest BCUT2D eigenvalue weighted by Gasteiger charge is 2.34. The molecule has 7 aromatic carbocycles. The normalized spacial score (nSPS) is 14.4. The fourth-order valence-electron chi connectivity index (χ4n) is 8.46. The van der Waals surface area contributed by atoms with E-state index in [1.54, 1.807) is 0 Å². The summed E-state index contributed by atoms with van der Waals surface area (Å²) in [4.78, 5) is 2.37. The van der Waals surface area contributed by atoms with Gasteiger partial charge in [-0.3, -0.25) is 0 Å². The standard InChI is InChI=1S/C49H41NO/c1-2-13-34-49(33-12-1,39-19-10-5-11-20-39)40-25-29-42(30-26-40)50(41-27-23-37(24-28-41)36-15-6-3-7-16-36)43-31-32-45-47(35-43)51-46-22-14-21-44(48(45)46)38-17-8-4-9-18-38/h3-11,14-32,35H,1-2,12-13,33-34H2. The SMILES string of the molecule is c1ccc(-c2ccc(N(c3ccc(C4(c5ccccc5)CCCCCC4)cc3)c3ccc4c(c3)oc3cccc(-c5ccccc5)c34)cc2)cc1. The average Bonchev–Trinajstić information content (AvgIpc) is 3.39. The summed E-state index contributed by atoms with van der Waals surface area (Å²) in [7, 11) is 0. The van der Waals surface area contributed by atoms with Gasteiger partial charge in [0.2, 0.25) is 0 Å². The van der Waals surface area contributed by atoms with E-state index in [0.29, 0.717) is 0 Å². The fourth-order valence-corrected chi connectivity index (χ4v) is 8.46. The zero-order chi connectivity index (χ0) is 34.0. The zero-order valence-electron chi connectivity index (χ0n) is 28.8. The van der Waals surface area contributed by atoms with Gasteiger partial charge in [-0.1, -0.05) is 153 Å². The van der Waals surface area contributed by atoms with Crippen molar-refractivity contribution >= 4 is 39.0 Å². The van der Waals surface area contributed by atoms with Gasteiger partial charge in [0.05, 0.1) is 0 Å². The number of nitrogens with zero attached hydrogens (tertiary/aromatic N) is 1. The number of furan rings is 1. The molecular weight excluding hydrogens is 619 g/mol. The number of anilines is 3. The van der Waals surface area contributed by atoms with Crippen molar-refractivity contribution in [3.63, 3.8) is 0 Å². The van der Waals surface area contributed by atoms with E-state index in [4.69, 9.17) is 4.42 Å². The third-order valence-corrected chi connectivity index (χ3v) is 11.0. The fraction of sp³-hybridized carbons (Fsp3) is 0.143. The van der Waals surface area contributed by atoms with Gasteiger partial charge in [0, 0.05) is 39.3 Å². The average molecular weight is 660 g/mol. The molecule has 51 heavy (non-hydrogen) atoms. The predicted octanol–water partition coefficient (Wildman–Crippen LogP) is 14.0. The van der Waals surface area contributed by atoms with E-state index in [2.05, 4.69) is 181 Å². The van der Waals surface area contributed by atoms with Gasteiger partial charge < -0.3 is 9.32 Å². The summed E-state index contributed by atoms with van der Waals surface area (Å²) >= 11 is 0. The summed E-state index contributed by atoms with van der Waals surface area (Å²) in [5.41, 5.74) is 12.8. The van der Waals surface area contributed by atoms with Crippen molar-refractivity contribution < 1.29 is 4.42 Å². The number of rotatable bonds is 7. The maximum absolute atomic E-state index is 6.60. The molecule has 0 radical (unpaired) electrons. The van der Waals surface area contributed by atoms with Crippen molar-refractivity contribution in [1.29, 1.82) is 0 Å². The van der Waals surface area contributed by atoms with Gasteiger partial charge in [-0.2, -0.15) is 0 Å². The highest BCUT2D eigenvalue weighted by Crippen LogP contribution is 2.46. The molecule has 0 N–H and O–H groups in total. The van der Waals surface area contributed by atoms with E-state index < -0.39 is 0 Å². The first-order valence-electron chi connectivity index (χ1n) is 18.4. The quantitative estimate of drug-likeness (QED) is 0.158. The Labute approximate surface area is 300 Å². The van der Waals surface area contributed by atoms with Crippen molar-refractivity contribution in [2.75, 3.05) is 4.90 Å². The number of hydrogen-bond acceptors (Lipinski definition) is 2. The minimum absolute atomic E-state index is 0.0437. The highest BCUT2D eigenvalue weighted by atomic mass is 16.3. The lowest BCUT2D eigenvalue weighted by molar-refractivity contribution is 0.446. The van der Waals surface area contributed by atoms with Crippen LogP contribution in [-0.2, 0) is 5.41 Å². The van der Waals surface area contributed by atoms with Crippen LogP contribution in [0.4, 0.5) is 17.1 Å². The second kappa shape index (κ2) is 13.5. The van der Waals surface area contributed by atoms with Gasteiger partial charge in [-0.05, 0) is 88.7 Å². The first-order valence-corrected chi connectivity index (χ1v) is 18.4. The lowest BCUT2D eigenvalue weighted by atomic mass is 9.69. The Bertz CT molecular complexity index is 2380. The molecule has 0 amide bonds. The van der Waals surface area contributed by atoms with Crippen LogP contribution in [-0.4, -0.2) is 0 Å². The van der Waals surface area contributed by atoms with E-state index >= 15 is 0 Å². The summed E-state index contributed by atoms with van der Waals surface area (Å²) in [6.45, 7) is 0. The molecule has 2 nitrogen and oxygen atoms in total.